The molecule has 3 rings (SSSR count). The molecular weight excluding hydrogens is 301 g/mol. The fourth-order valence-electron chi connectivity index (χ4n) is 1.74. The molecule has 0 amide bonds. The number of carbonyl (C=O) groups is 1. The highest BCUT2D eigenvalue weighted by Gasteiger charge is 2.17. The van der Waals surface area contributed by atoms with Crippen LogP contribution < -0.4 is 0 Å². The van der Waals surface area contributed by atoms with E-state index in [2.05, 4.69) is 4.98 Å². The van der Waals surface area contributed by atoms with E-state index in [1.165, 1.54) is 23.5 Å². The van der Waals surface area contributed by atoms with Gasteiger partial charge in [-0.05, 0) is 36.4 Å². The third-order valence-corrected chi connectivity index (χ3v) is 3.88. The number of thiophene rings is 1. The standard InChI is InChI=1S/C14H7ClFNO2S/c15-12-6-5-11(20-12)13-10(7-18)17-14(19-13)8-1-3-9(16)4-2-8/h1-7H. The topological polar surface area (TPSA) is 43.1 Å². The van der Waals surface area contributed by atoms with Gasteiger partial charge in [-0.25, -0.2) is 9.37 Å². The van der Waals surface area contributed by atoms with Crippen molar-refractivity contribution in [2.45, 2.75) is 0 Å². The van der Waals surface area contributed by atoms with Crippen molar-refractivity contribution in [2.24, 2.45) is 0 Å². The van der Waals surface area contributed by atoms with Gasteiger partial charge in [0.25, 0.3) is 0 Å². The van der Waals surface area contributed by atoms with Crippen LogP contribution in [-0.4, -0.2) is 11.3 Å². The summed E-state index contributed by atoms with van der Waals surface area (Å²) in [5.41, 5.74) is 0.797. The molecule has 0 atom stereocenters. The van der Waals surface area contributed by atoms with Crippen LogP contribution in [0.2, 0.25) is 4.34 Å². The number of oxazole rings is 1. The van der Waals surface area contributed by atoms with E-state index in [4.69, 9.17) is 16.0 Å². The van der Waals surface area contributed by atoms with E-state index >= 15 is 0 Å². The van der Waals surface area contributed by atoms with Gasteiger partial charge in [0.05, 0.1) is 9.21 Å². The first kappa shape index (κ1) is 13.0. The number of carbonyl (C=O) groups excluding carboxylic acids is 1. The van der Waals surface area contributed by atoms with Gasteiger partial charge in [-0.1, -0.05) is 11.6 Å². The number of hydrogen-bond donors (Lipinski definition) is 0. The summed E-state index contributed by atoms with van der Waals surface area (Å²) in [6.45, 7) is 0. The molecule has 3 nitrogen and oxygen atoms in total. The predicted octanol–water partition coefficient (Wildman–Crippen LogP) is 4.68. The predicted molar refractivity (Wildman–Crippen MR) is 75.6 cm³/mol. The van der Waals surface area contributed by atoms with E-state index in [0.717, 1.165) is 4.88 Å². The van der Waals surface area contributed by atoms with Crippen LogP contribution in [-0.2, 0) is 0 Å². The van der Waals surface area contributed by atoms with Crippen molar-refractivity contribution in [2.75, 3.05) is 0 Å². The summed E-state index contributed by atoms with van der Waals surface area (Å²) in [6, 6.07) is 9.18. The van der Waals surface area contributed by atoms with Crippen molar-refractivity contribution in [3.8, 4) is 22.1 Å². The molecule has 0 N–H and O–H groups in total. The SMILES string of the molecule is O=Cc1nc(-c2ccc(F)cc2)oc1-c1ccc(Cl)s1. The smallest absolute Gasteiger partial charge is 0.227 e. The van der Waals surface area contributed by atoms with Gasteiger partial charge in [-0.2, -0.15) is 0 Å². The van der Waals surface area contributed by atoms with E-state index in [1.54, 1.807) is 24.3 Å². The Morgan fingerprint density at radius 3 is 2.55 bits per heavy atom. The first-order valence-electron chi connectivity index (χ1n) is 5.65. The summed E-state index contributed by atoms with van der Waals surface area (Å²) in [5, 5.41) is 0. The molecule has 1 aromatic carbocycles. The number of halogens is 2. The molecule has 0 aliphatic rings. The van der Waals surface area contributed by atoms with E-state index in [-0.39, 0.29) is 17.4 Å². The van der Waals surface area contributed by atoms with E-state index in [1.807, 2.05) is 0 Å². The van der Waals surface area contributed by atoms with Crippen LogP contribution >= 0.6 is 22.9 Å². The van der Waals surface area contributed by atoms with Crippen LogP contribution in [0.15, 0.2) is 40.8 Å². The van der Waals surface area contributed by atoms with Crippen molar-refractivity contribution in [1.29, 1.82) is 0 Å². The zero-order chi connectivity index (χ0) is 14.1. The highest BCUT2D eigenvalue weighted by molar-refractivity contribution is 7.19. The molecule has 3 aromatic rings. The molecule has 0 unspecified atom stereocenters. The Morgan fingerprint density at radius 1 is 1.20 bits per heavy atom. The molecule has 2 heterocycles. The number of hydrogen-bond acceptors (Lipinski definition) is 4. The Labute approximate surface area is 122 Å². The summed E-state index contributed by atoms with van der Waals surface area (Å²) >= 11 is 7.17. The fourth-order valence-corrected chi connectivity index (χ4v) is 2.77. The molecule has 0 saturated carbocycles. The number of aldehydes is 1. The van der Waals surface area contributed by atoms with Crippen molar-refractivity contribution in [1.82, 2.24) is 4.98 Å². The zero-order valence-corrected chi connectivity index (χ0v) is 11.5. The lowest BCUT2D eigenvalue weighted by molar-refractivity contribution is 0.112. The minimum Gasteiger partial charge on any atom is -0.434 e. The average Bonchev–Trinajstić information content (AvgIpc) is 3.05. The van der Waals surface area contributed by atoms with E-state index in [0.29, 0.717) is 21.9 Å². The van der Waals surface area contributed by atoms with Crippen LogP contribution in [0.25, 0.3) is 22.1 Å². The molecule has 0 radical (unpaired) electrons. The fraction of sp³-hybridized carbons (Fsp3) is 0. The lowest BCUT2D eigenvalue weighted by Gasteiger charge is -1.94. The first-order chi connectivity index (χ1) is 9.67. The third kappa shape index (κ3) is 2.37. The maximum atomic E-state index is 12.9. The van der Waals surface area contributed by atoms with Gasteiger partial charge in [0.2, 0.25) is 5.89 Å². The second-order valence-corrected chi connectivity index (χ2v) is 5.68. The second kappa shape index (κ2) is 5.19. The first-order valence-corrected chi connectivity index (χ1v) is 6.84. The summed E-state index contributed by atoms with van der Waals surface area (Å²) < 4.78 is 19.1. The minimum absolute atomic E-state index is 0.197. The summed E-state index contributed by atoms with van der Waals surface area (Å²) in [4.78, 5) is 15.9. The lowest BCUT2D eigenvalue weighted by Crippen LogP contribution is -1.83. The van der Waals surface area contributed by atoms with Gasteiger partial charge < -0.3 is 4.42 Å². The largest absolute Gasteiger partial charge is 0.434 e. The van der Waals surface area contributed by atoms with Crippen molar-refractivity contribution < 1.29 is 13.6 Å². The molecule has 20 heavy (non-hydrogen) atoms. The van der Waals surface area contributed by atoms with Crippen LogP contribution in [0.3, 0.4) is 0 Å². The maximum Gasteiger partial charge on any atom is 0.227 e. The molecule has 0 fully saturated rings. The van der Waals surface area contributed by atoms with Gasteiger partial charge in [0.15, 0.2) is 17.7 Å². The lowest BCUT2D eigenvalue weighted by atomic mass is 10.2. The van der Waals surface area contributed by atoms with Crippen molar-refractivity contribution in [3.63, 3.8) is 0 Å². The zero-order valence-electron chi connectivity index (χ0n) is 9.97. The minimum atomic E-state index is -0.346. The van der Waals surface area contributed by atoms with Crippen LogP contribution in [0, 0.1) is 5.82 Å². The molecule has 0 spiro atoms. The molecule has 0 saturated heterocycles. The highest BCUT2D eigenvalue weighted by atomic mass is 35.5. The van der Waals surface area contributed by atoms with Crippen molar-refractivity contribution in [3.05, 3.63) is 52.2 Å². The second-order valence-electron chi connectivity index (χ2n) is 3.96. The molecule has 0 bridgehead atoms. The number of nitrogens with zero attached hydrogens (tertiary/aromatic N) is 1. The van der Waals surface area contributed by atoms with Gasteiger partial charge in [0.1, 0.15) is 5.82 Å². The summed E-state index contributed by atoms with van der Waals surface area (Å²) in [6.07, 6.45) is 0.624. The average molecular weight is 308 g/mol. The Morgan fingerprint density at radius 2 is 1.95 bits per heavy atom. The number of benzene rings is 1. The summed E-state index contributed by atoms with van der Waals surface area (Å²) in [7, 11) is 0. The third-order valence-electron chi connectivity index (χ3n) is 2.65. The quantitative estimate of drug-likeness (QED) is 0.660. The van der Waals surface area contributed by atoms with Crippen LogP contribution in [0.1, 0.15) is 10.5 Å². The Balaban J connectivity index is 2.09. The molecule has 0 aliphatic carbocycles. The van der Waals surface area contributed by atoms with Gasteiger partial charge in [0, 0.05) is 5.56 Å². The number of rotatable bonds is 3. The van der Waals surface area contributed by atoms with Crippen molar-refractivity contribution >= 4 is 29.2 Å². The molecular formula is C14H7ClFNO2S. The van der Waals surface area contributed by atoms with Gasteiger partial charge in [-0.15, -0.1) is 11.3 Å². The molecule has 2 aromatic heterocycles. The van der Waals surface area contributed by atoms with E-state index in [9.17, 15) is 9.18 Å². The van der Waals surface area contributed by atoms with E-state index < -0.39 is 0 Å². The van der Waals surface area contributed by atoms with Crippen LogP contribution in [0.5, 0.6) is 0 Å². The Bertz CT molecular complexity index is 764. The molecule has 100 valence electrons. The Kier molecular flexibility index (Phi) is 3.38. The Hall–Kier alpha value is -1.98. The maximum absolute atomic E-state index is 12.9. The highest BCUT2D eigenvalue weighted by Crippen LogP contribution is 2.35. The van der Waals surface area contributed by atoms with Gasteiger partial charge >= 0.3 is 0 Å². The molecule has 6 heteroatoms. The van der Waals surface area contributed by atoms with Crippen LogP contribution in [0.4, 0.5) is 4.39 Å². The summed E-state index contributed by atoms with van der Waals surface area (Å²) in [5.74, 6) is 0.295. The van der Waals surface area contributed by atoms with Gasteiger partial charge in [-0.3, -0.25) is 4.79 Å². The monoisotopic (exact) mass is 307 g/mol. The normalized spacial score (nSPS) is 10.7. The number of aromatic nitrogens is 1. The molecule has 0 aliphatic heterocycles.